The minimum absolute atomic E-state index is 0.0734. The second kappa shape index (κ2) is 9.83. The summed E-state index contributed by atoms with van der Waals surface area (Å²) in [5.74, 6) is -1.97. The van der Waals surface area contributed by atoms with Crippen molar-refractivity contribution in [3.8, 4) is 0 Å². The number of nitrogens with one attached hydrogen (secondary N) is 3. The molecule has 29 heavy (non-hydrogen) atoms. The van der Waals surface area contributed by atoms with Crippen LogP contribution in [0.1, 0.15) is 29.8 Å². The summed E-state index contributed by atoms with van der Waals surface area (Å²) < 4.78 is 5.76. The molecule has 0 aliphatic carbocycles. The number of benzene rings is 2. The van der Waals surface area contributed by atoms with E-state index in [1.165, 1.54) is 32.0 Å². The lowest BCUT2D eigenvalue weighted by Crippen LogP contribution is -2.21. The minimum Gasteiger partial charge on any atom is -0.452 e. The molecule has 0 aliphatic rings. The topological polar surface area (TPSA) is 114 Å². The molecular weight excluding hydrogens is 442 g/mol. The SMILES string of the molecule is CC(=O)Nc1cc(NC(C)=O)cc(C(=O)OCC(=O)Nc2ccc(C)cc2Br)c1. The molecular formula is C20H20BrN3O5. The molecule has 2 aromatic carbocycles. The summed E-state index contributed by atoms with van der Waals surface area (Å²) in [6, 6.07) is 9.70. The van der Waals surface area contributed by atoms with Crippen LogP contribution >= 0.6 is 15.9 Å². The van der Waals surface area contributed by atoms with Gasteiger partial charge in [0.1, 0.15) is 0 Å². The fourth-order valence-corrected chi connectivity index (χ4v) is 3.01. The van der Waals surface area contributed by atoms with Gasteiger partial charge in [0.2, 0.25) is 11.8 Å². The lowest BCUT2D eigenvalue weighted by Gasteiger charge is -2.11. The van der Waals surface area contributed by atoms with Crippen molar-refractivity contribution >= 4 is 56.7 Å². The van der Waals surface area contributed by atoms with Gasteiger partial charge in [0.25, 0.3) is 5.91 Å². The Bertz CT molecular complexity index is 940. The molecule has 0 unspecified atom stereocenters. The van der Waals surface area contributed by atoms with E-state index in [0.717, 1.165) is 5.56 Å². The van der Waals surface area contributed by atoms with Crippen LogP contribution in [0.3, 0.4) is 0 Å². The van der Waals surface area contributed by atoms with Crippen molar-refractivity contribution in [2.45, 2.75) is 20.8 Å². The number of rotatable bonds is 6. The number of ether oxygens (including phenoxy) is 1. The summed E-state index contributed by atoms with van der Waals surface area (Å²) >= 11 is 3.36. The van der Waals surface area contributed by atoms with Crippen LogP contribution in [0.5, 0.6) is 0 Å². The number of hydrogen-bond acceptors (Lipinski definition) is 5. The fraction of sp³-hybridized carbons (Fsp3) is 0.200. The molecule has 152 valence electrons. The first kappa shape index (κ1) is 22.1. The Morgan fingerprint density at radius 2 is 1.48 bits per heavy atom. The van der Waals surface area contributed by atoms with Gasteiger partial charge in [-0.05, 0) is 58.7 Å². The number of halogens is 1. The van der Waals surface area contributed by atoms with E-state index in [4.69, 9.17) is 4.74 Å². The predicted octanol–water partition coefficient (Wildman–Crippen LogP) is 3.47. The molecule has 2 rings (SSSR count). The Kier molecular flexibility index (Phi) is 7.49. The van der Waals surface area contributed by atoms with Crippen molar-refractivity contribution in [3.63, 3.8) is 0 Å². The van der Waals surface area contributed by atoms with E-state index in [-0.39, 0.29) is 17.4 Å². The van der Waals surface area contributed by atoms with Gasteiger partial charge >= 0.3 is 5.97 Å². The van der Waals surface area contributed by atoms with Gasteiger partial charge in [-0.3, -0.25) is 14.4 Å². The standard InChI is InChI=1S/C20H20BrN3O5/c1-11-4-5-18(17(21)6-11)24-19(27)10-29-20(28)14-7-15(22-12(2)25)9-16(8-14)23-13(3)26/h4-9H,10H2,1-3H3,(H,22,25)(H,23,26)(H,24,27). The molecule has 0 atom stereocenters. The average Bonchev–Trinajstić information content (AvgIpc) is 2.60. The van der Waals surface area contributed by atoms with E-state index >= 15 is 0 Å². The zero-order valence-corrected chi connectivity index (χ0v) is 17.7. The zero-order valence-electron chi connectivity index (χ0n) is 16.1. The van der Waals surface area contributed by atoms with E-state index in [0.29, 0.717) is 21.5 Å². The third-order valence-electron chi connectivity index (χ3n) is 3.54. The molecule has 0 radical (unpaired) electrons. The maximum absolute atomic E-state index is 12.4. The number of carbonyl (C=O) groups is 4. The normalized spacial score (nSPS) is 10.1. The fourth-order valence-electron chi connectivity index (χ4n) is 2.42. The van der Waals surface area contributed by atoms with Crippen molar-refractivity contribution in [1.29, 1.82) is 0 Å². The summed E-state index contributed by atoms with van der Waals surface area (Å²) in [6.45, 7) is 4.05. The quantitative estimate of drug-likeness (QED) is 0.569. The zero-order chi connectivity index (χ0) is 21.6. The third kappa shape index (κ3) is 7.04. The Hall–Kier alpha value is -3.20. The Morgan fingerprint density at radius 1 is 0.897 bits per heavy atom. The maximum Gasteiger partial charge on any atom is 0.338 e. The molecule has 8 nitrogen and oxygen atoms in total. The predicted molar refractivity (Wildman–Crippen MR) is 113 cm³/mol. The summed E-state index contributed by atoms with van der Waals surface area (Å²) in [7, 11) is 0. The van der Waals surface area contributed by atoms with E-state index in [1.807, 2.05) is 19.1 Å². The summed E-state index contributed by atoms with van der Waals surface area (Å²) in [5.41, 5.74) is 2.27. The number of amides is 3. The van der Waals surface area contributed by atoms with Crippen LogP contribution in [0.25, 0.3) is 0 Å². The minimum atomic E-state index is -0.776. The van der Waals surface area contributed by atoms with Crippen molar-refractivity contribution in [2.24, 2.45) is 0 Å². The van der Waals surface area contributed by atoms with Crippen LogP contribution in [0.2, 0.25) is 0 Å². The molecule has 0 heterocycles. The number of anilines is 3. The average molecular weight is 462 g/mol. The summed E-state index contributed by atoms with van der Waals surface area (Å²) in [5, 5.41) is 7.72. The first-order valence-electron chi connectivity index (χ1n) is 8.57. The summed E-state index contributed by atoms with van der Waals surface area (Å²) in [4.78, 5) is 47.0. The van der Waals surface area contributed by atoms with Crippen molar-refractivity contribution < 1.29 is 23.9 Å². The van der Waals surface area contributed by atoms with Gasteiger partial charge in [0.15, 0.2) is 6.61 Å². The molecule has 0 aliphatic heterocycles. The second-order valence-electron chi connectivity index (χ2n) is 6.27. The maximum atomic E-state index is 12.4. The Morgan fingerprint density at radius 3 is 2.00 bits per heavy atom. The van der Waals surface area contributed by atoms with Gasteiger partial charge in [-0.25, -0.2) is 4.79 Å². The van der Waals surface area contributed by atoms with E-state index in [1.54, 1.807) is 6.07 Å². The van der Waals surface area contributed by atoms with Crippen LogP contribution < -0.4 is 16.0 Å². The van der Waals surface area contributed by atoms with Crippen molar-refractivity contribution in [1.82, 2.24) is 0 Å². The van der Waals surface area contributed by atoms with Gasteiger partial charge in [-0.15, -0.1) is 0 Å². The van der Waals surface area contributed by atoms with E-state index in [2.05, 4.69) is 31.9 Å². The van der Waals surface area contributed by atoms with Crippen LogP contribution in [-0.2, 0) is 19.1 Å². The van der Waals surface area contributed by atoms with Gasteiger partial charge < -0.3 is 20.7 Å². The lowest BCUT2D eigenvalue weighted by atomic mass is 10.1. The molecule has 9 heteroatoms. The van der Waals surface area contributed by atoms with Crippen molar-refractivity contribution in [3.05, 3.63) is 52.0 Å². The monoisotopic (exact) mass is 461 g/mol. The molecule has 0 fully saturated rings. The molecule has 0 aromatic heterocycles. The third-order valence-corrected chi connectivity index (χ3v) is 4.20. The van der Waals surface area contributed by atoms with E-state index < -0.39 is 18.5 Å². The van der Waals surface area contributed by atoms with Crippen LogP contribution in [0.15, 0.2) is 40.9 Å². The Labute approximate surface area is 176 Å². The molecule has 0 saturated heterocycles. The first-order valence-corrected chi connectivity index (χ1v) is 9.36. The highest BCUT2D eigenvalue weighted by atomic mass is 79.9. The molecule has 2 aromatic rings. The molecule has 0 saturated carbocycles. The number of carbonyl (C=O) groups excluding carboxylic acids is 4. The highest BCUT2D eigenvalue weighted by Crippen LogP contribution is 2.23. The van der Waals surface area contributed by atoms with Crippen LogP contribution in [-0.4, -0.2) is 30.3 Å². The van der Waals surface area contributed by atoms with E-state index in [9.17, 15) is 19.2 Å². The van der Waals surface area contributed by atoms with Gasteiger partial charge in [-0.2, -0.15) is 0 Å². The molecule has 3 N–H and O–H groups in total. The van der Waals surface area contributed by atoms with Crippen LogP contribution in [0.4, 0.5) is 17.1 Å². The first-order chi connectivity index (χ1) is 13.6. The molecule has 0 spiro atoms. The number of aryl methyl sites for hydroxylation is 1. The summed E-state index contributed by atoms with van der Waals surface area (Å²) in [6.07, 6.45) is 0. The number of hydrogen-bond donors (Lipinski definition) is 3. The molecule has 0 bridgehead atoms. The number of esters is 1. The highest BCUT2D eigenvalue weighted by molar-refractivity contribution is 9.10. The molecule has 3 amide bonds. The van der Waals surface area contributed by atoms with Gasteiger partial charge in [0.05, 0.1) is 11.3 Å². The van der Waals surface area contributed by atoms with Gasteiger partial charge in [-0.1, -0.05) is 6.07 Å². The lowest BCUT2D eigenvalue weighted by molar-refractivity contribution is -0.119. The largest absolute Gasteiger partial charge is 0.452 e. The second-order valence-corrected chi connectivity index (χ2v) is 7.12. The highest BCUT2D eigenvalue weighted by Gasteiger charge is 2.14. The van der Waals surface area contributed by atoms with Gasteiger partial charge in [0, 0.05) is 29.7 Å². The smallest absolute Gasteiger partial charge is 0.338 e. The van der Waals surface area contributed by atoms with Crippen molar-refractivity contribution in [2.75, 3.05) is 22.6 Å². The Balaban J connectivity index is 2.07. The van der Waals surface area contributed by atoms with Crippen LogP contribution in [0, 0.1) is 6.92 Å².